The van der Waals surface area contributed by atoms with Crippen LogP contribution in [0.4, 0.5) is 5.69 Å². The highest BCUT2D eigenvalue weighted by Crippen LogP contribution is 2.35. The maximum absolute atomic E-state index is 6.46. The molecule has 0 radical (unpaired) electrons. The molecule has 1 saturated heterocycles. The summed E-state index contributed by atoms with van der Waals surface area (Å²) in [5, 5.41) is 6.07. The molecule has 3 aromatic carbocycles. The van der Waals surface area contributed by atoms with Gasteiger partial charge in [0, 0.05) is 25.3 Å². The standard InChI is InChI=1S/C24H27NO2/c1-26-17-23(22-13-7-9-18-8-5-6-12-21(18)22)24-15-14-20(27-24)16-25-19-10-3-2-4-11-19/h2-13,20,23-25H,14-17H2,1H3. The first kappa shape index (κ1) is 18.0. The smallest absolute Gasteiger partial charge is 0.0752 e. The molecular weight excluding hydrogens is 334 g/mol. The van der Waals surface area contributed by atoms with Gasteiger partial charge in [-0.1, -0.05) is 60.7 Å². The number of ether oxygens (including phenoxy) is 2. The molecule has 1 fully saturated rings. The molecule has 0 spiro atoms. The first-order chi connectivity index (χ1) is 13.3. The van der Waals surface area contributed by atoms with E-state index in [4.69, 9.17) is 9.47 Å². The first-order valence-electron chi connectivity index (χ1n) is 9.76. The predicted molar refractivity (Wildman–Crippen MR) is 111 cm³/mol. The second-order valence-corrected chi connectivity index (χ2v) is 7.25. The van der Waals surface area contributed by atoms with Crippen molar-refractivity contribution >= 4 is 16.5 Å². The summed E-state index contributed by atoms with van der Waals surface area (Å²) in [4.78, 5) is 0. The van der Waals surface area contributed by atoms with E-state index in [2.05, 4.69) is 72.0 Å². The molecule has 0 bridgehead atoms. The Kier molecular flexibility index (Phi) is 5.71. The highest BCUT2D eigenvalue weighted by Gasteiger charge is 2.33. The maximum Gasteiger partial charge on any atom is 0.0752 e. The summed E-state index contributed by atoms with van der Waals surface area (Å²) < 4.78 is 12.0. The van der Waals surface area contributed by atoms with Gasteiger partial charge in [-0.15, -0.1) is 0 Å². The number of hydrogen-bond donors (Lipinski definition) is 1. The van der Waals surface area contributed by atoms with Crippen LogP contribution in [0.3, 0.4) is 0 Å². The lowest BCUT2D eigenvalue weighted by atomic mass is 9.88. The van der Waals surface area contributed by atoms with Crippen molar-refractivity contribution in [3.05, 3.63) is 78.4 Å². The van der Waals surface area contributed by atoms with Crippen LogP contribution in [-0.2, 0) is 9.47 Å². The Morgan fingerprint density at radius 3 is 2.59 bits per heavy atom. The van der Waals surface area contributed by atoms with Crippen LogP contribution in [0.1, 0.15) is 24.3 Å². The number of anilines is 1. The quantitative estimate of drug-likeness (QED) is 0.625. The van der Waals surface area contributed by atoms with E-state index in [-0.39, 0.29) is 18.1 Å². The van der Waals surface area contributed by atoms with Gasteiger partial charge in [0.05, 0.1) is 18.8 Å². The van der Waals surface area contributed by atoms with Crippen LogP contribution in [0.15, 0.2) is 72.8 Å². The Balaban J connectivity index is 1.48. The molecule has 3 aromatic rings. The van der Waals surface area contributed by atoms with E-state index in [1.54, 1.807) is 7.11 Å². The summed E-state index contributed by atoms with van der Waals surface area (Å²) in [7, 11) is 1.78. The number of para-hydroxylation sites is 1. The molecule has 3 atom stereocenters. The molecule has 3 nitrogen and oxygen atoms in total. The van der Waals surface area contributed by atoms with Crippen molar-refractivity contribution in [2.24, 2.45) is 0 Å². The van der Waals surface area contributed by atoms with E-state index in [1.807, 2.05) is 6.07 Å². The topological polar surface area (TPSA) is 30.5 Å². The number of rotatable bonds is 7. The van der Waals surface area contributed by atoms with E-state index < -0.39 is 0 Å². The van der Waals surface area contributed by atoms with E-state index in [9.17, 15) is 0 Å². The zero-order valence-electron chi connectivity index (χ0n) is 15.8. The average Bonchev–Trinajstić information content (AvgIpc) is 3.20. The fraction of sp³-hybridized carbons (Fsp3) is 0.333. The Morgan fingerprint density at radius 1 is 0.963 bits per heavy atom. The van der Waals surface area contributed by atoms with Gasteiger partial charge in [-0.3, -0.25) is 0 Å². The first-order valence-corrected chi connectivity index (χ1v) is 9.76. The number of hydrogen-bond acceptors (Lipinski definition) is 3. The van der Waals surface area contributed by atoms with Gasteiger partial charge in [0.1, 0.15) is 0 Å². The Bertz CT molecular complexity index is 859. The number of fused-ring (bicyclic) bond motifs is 1. The Morgan fingerprint density at radius 2 is 1.74 bits per heavy atom. The highest BCUT2D eigenvalue weighted by atomic mass is 16.5. The van der Waals surface area contributed by atoms with Gasteiger partial charge in [-0.05, 0) is 41.3 Å². The molecule has 1 heterocycles. The van der Waals surface area contributed by atoms with Crippen molar-refractivity contribution < 1.29 is 9.47 Å². The average molecular weight is 361 g/mol. The number of nitrogens with one attached hydrogen (secondary N) is 1. The maximum atomic E-state index is 6.46. The molecule has 0 aliphatic carbocycles. The lowest BCUT2D eigenvalue weighted by Crippen LogP contribution is -2.26. The number of methoxy groups -OCH3 is 1. The van der Waals surface area contributed by atoms with E-state index in [0.29, 0.717) is 6.61 Å². The van der Waals surface area contributed by atoms with Gasteiger partial charge < -0.3 is 14.8 Å². The monoisotopic (exact) mass is 361 g/mol. The van der Waals surface area contributed by atoms with Crippen molar-refractivity contribution in [1.29, 1.82) is 0 Å². The van der Waals surface area contributed by atoms with Crippen LogP contribution in [-0.4, -0.2) is 32.5 Å². The molecule has 140 valence electrons. The van der Waals surface area contributed by atoms with Gasteiger partial charge in [0.15, 0.2) is 0 Å². The van der Waals surface area contributed by atoms with Crippen molar-refractivity contribution in [2.75, 3.05) is 25.6 Å². The third kappa shape index (κ3) is 4.15. The van der Waals surface area contributed by atoms with Crippen LogP contribution in [0.5, 0.6) is 0 Å². The SMILES string of the molecule is COCC(c1cccc2ccccc12)C1CCC(CNc2ccccc2)O1. The van der Waals surface area contributed by atoms with Crippen LogP contribution in [0.2, 0.25) is 0 Å². The van der Waals surface area contributed by atoms with Gasteiger partial charge >= 0.3 is 0 Å². The van der Waals surface area contributed by atoms with Crippen molar-refractivity contribution in [3.8, 4) is 0 Å². The minimum Gasteiger partial charge on any atom is -0.384 e. The fourth-order valence-electron chi connectivity index (χ4n) is 4.12. The third-order valence-electron chi connectivity index (χ3n) is 5.47. The zero-order chi connectivity index (χ0) is 18.5. The van der Waals surface area contributed by atoms with Crippen LogP contribution in [0, 0.1) is 0 Å². The number of benzene rings is 3. The molecule has 1 aliphatic rings. The second-order valence-electron chi connectivity index (χ2n) is 7.25. The molecule has 1 aliphatic heterocycles. The van der Waals surface area contributed by atoms with Crippen molar-refractivity contribution in [2.45, 2.75) is 31.0 Å². The molecule has 3 unspecified atom stereocenters. The molecule has 0 amide bonds. The van der Waals surface area contributed by atoms with Crippen LogP contribution >= 0.6 is 0 Å². The van der Waals surface area contributed by atoms with E-state index in [0.717, 1.165) is 25.1 Å². The normalized spacial score (nSPS) is 20.6. The van der Waals surface area contributed by atoms with Gasteiger partial charge in [0.25, 0.3) is 0 Å². The fourth-order valence-corrected chi connectivity index (χ4v) is 4.12. The molecule has 3 heteroatoms. The van der Waals surface area contributed by atoms with Crippen molar-refractivity contribution in [3.63, 3.8) is 0 Å². The predicted octanol–water partition coefficient (Wildman–Crippen LogP) is 5.23. The molecule has 0 saturated carbocycles. The summed E-state index contributed by atoms with van der Waals surface area (Å²) in [5.74, 6) is 0.253. The molecule has 1 N–H and O–H groups in total. The van der Waals surface area contributed by atoms with Gasteiger partial charge in [-0.25, -0.2) is 0 Å². The van der Waals surface area contributed by atoms with Crippen LogP contribution in [0.25, 0.3) is 10.8 Å². The summed E-state index contributed by atoms with van der Waals surface area (Å²) in [6, 6.07) is 25.4. The lowest BCUT2D eigenvalue weighted by Gasteiger charge is -2.25. The van der Waals surface area contributed by atoms with Crippen molar-refractivity contribution in [1.82, 2.24) is 0 Å². The molecule has 0 aromatic heterocycles. The largest absolute Gasteiger partial charge is 0.384 e. The summed E-state index contributed by atoms with van der Waals surface area (Å²) in [6.45, 7) is 1.52. The summed E-state index contributed by atoms with van der Waals surface area (Å²) >= 11 is 0. The van der Waals surface area contributed by atoms with Crippen LogP contribution < -0.4 is 5.32 Å². The lowest BCUT2D eigenvalue weighted by molar-refractivity contribution is 0.0167. The molecule has 4 rings (SSSR count). The molecular formula is C24H27NO2. The highest BCUT2D eigenvalue weighted by molar-refractivity contribution is 5.86. The Hall–Kier alpha value is -2.36. The van der Waals surface area contributed by atoms with Gasteiger partial charge in [0.2, 0.25) is 0 Å². The van der Waals surface area contributed by atoms with E-state index in [1.165, 1.54) is 16.3 Å². The minimum atomic E-state index is 0.193. The summed E-state index contributed by atoms with van der Waals surface area (Å²) in [5.41, 5.74) is 2.48. The van der Waals surface area contributed by atoms with Gasteiger partial charge in [-0.2, -0.15) is 0 Å². The summed E-state index contributed by atoms with van der Waals surface area (Å²) in [6.07, 6.45) is 2.58. The minimum absolute atomic E-state index is 0.193. The third-order valence-corrected chi connectivity index (χ3v) is 5.47. The van der Waals surface area contributed by atoms with E-state index >= 15 is 0 Å². The zero-order valence-corrected chi connectivity index (χ0v) is 15.8. The second kappa shape index (κ2) is 8.55. The Labute approximate surface area is 161 Å². The molecule has 27 heavy (non-hydrogen) atoms.